The number of hydrogen-bond acceptors (Lipinski definition) is 3. The maximum atomic E-state index is 13.2. The predicted octanol–water partition coefficient (Wildman–Crippen LogP) is 2.24. The molecule has 0 aliphatic rings. The van der Waals surface area contributed by atoms with E-state index in [1.807, 2.05) is 13.0 Å². The van der Waals surface area contributed by atoms with E-state index in [1.54, 1.807) is 23.0 Å². The molecule has 0 atom stereocenters. The van der Waals surface area contributed by atoms with E-state index in [9.17, 15) is 4.39 Å². The molecule has 84 valence electrons. The van der Waals surface area contributed by atoms with Gasteiger partial charge >= 0.3 is 0 Å². The fourth-order valence-electron chi connectivity index (χ4n) is 1.78. The fraction of sp³-hybridized carbons (Fsp3) is 0.0833. The average Bonchev–Trinajstić information content (AvgIpc) is 2.71. The molecule has 0 aliphatic carbocycles. The second kappa shape index (κ2) is 3.62. The summed E-state index contributed by atoms with van der Waals surface area (Å²) < 4.78 is 15.0. The molecular formula is C12H9FN4. The molecule has 17 heavy (non-hydrogen) atoms. The van der Waals surface area contributed by atoms with Crippen molar-refractivity contribution >= 4 is 5.65 Å². The van der Waals surface area contributed by atoms with Crippen molar-refractivity contribution in [2.45, 2.75) is 6.92 Å². The summed E-state index contributed by atoms with van der Waals surface area (Å²) in [4.78, 5) is 4.11. The van der Waals surface area contributed by atoms with E-state index in [-0.39, 0.29) is 5.82 Å². The third-order valence-corrected chi connectivity index (χ3v) is 2.63. The summed E-state index contributed by atoms with van der Waals surface area (Å²) in [5.41, 5.74) is 2.20. The van der Waals surface area contributed by atoms with Gasteiger partial charge in [-0.2, -0.15) is 0 Å². The molecule has 0 radical (unpaired) electrons. The highest BCUT2D eigenvalue weighted by atomic mass is 19.1. The lowest BCUT2D eigenvalue weighted by atomic mass is 10.1. The van der Waals surface area contributed by atoms with Gasteiger partial charge in [0.05, 0.1) is 0 Å². The standard InChI is InChI=1S/C12H9FN4/c1-8-15-16-12-11(6-14-7-17(8)12)9-3-2-4-10(13)5-9/h2-7H,1H3. The van der Waals surface area contributed by atoms with Crippen LogP contribution in [0, 0.1) is 12.7 Å². The van der Waals surface area contributed by atoms with Crippen LogP contribution in [0.1, 0.15) is 5.82 Å². The van der Waals surface area contributed by atoms with Crippen molar-refractivity contribution < 1.29 is 4.39 Å². The minimum absolute atomic E-state index is 0.277. The maximum Gasteiger partial charge on any atom is 0.171 e. The summed E-state index contributed by atoms with van der Waals surface area (Å²) in [6, 6.07) is 6.36. The zero-order chi connectivity index (χ0) is 11.8. The zero-order valence-electron chi connectivity index (χ0n) is 9.13. The van der Waals surface area contributed by atoms with E-state index >= 15 is 0 Å². The summed E-state index contributed by atoms with van der Waals surface area (Å²) in [5.74, 6) is 0.478. The number of aryl methyl sites for hydroxylation is 1. The van der Waals surface area contributed by atoms with Crippen LogP contribution in [0.5, 0.6) is 0 Å². The largest absolute Gasteiger partial charge is 0.269 e. The van der Waals surface area contributed by atoms with Crippen LogP contribution in [-0.4, -0.2) is 19.6 Å². The van der Waals surface area contributed by atoms with Gasteiger partial charge in [-0.05, 0) is 24.6 Å². The van der Waals surface area contributed by atoms with E-state index in [0.29, 0.717) is 5.65 Å². The van der Waals surface area contributed by atoms with Gasteiger partial charge in [-0.3, -0.25) is 4.40 Å². The Kier molecular flexibility index (Phi) is 2.11. The number of rotatable bonds is 1. The molecule has 0 saturated heterocycles. The number of halogens is 1. The third kappa shape index (κ3) is 1.56. The number of fused-ring (bicyclic) bond motifs is 1. The van der Waals surface area contributed by atoms with Gasteiger partial charge in [-0.15, -0.1) is 10.2 Å². The Bertz CT molecular complexity index is 690. The van der Waals surface area contributed by atoms with Crippen molar-refractivity contribution in [3.8, 4) is 11.1 Å². The molecule has 2 aromatic heterocycles. The molecule has 0 amide bonds. The Morgan fingerprint density at radius 2 is 2.12 bits per heavy atom. The SMILES string of the molecule is Cc1nnc2c(-c3cccc(F)c3)cncn12. The Hall–Kier alpha value is -2.30. The van der Waals surface area contributed by atoms with Crippen LogP contribution < -0.4 is 0 Å². The topological polar surface area (TPSA) is 43.1 Å². The Morgan fingerprint density at radius 1 is 1.24 bits per heavy atom. The lowest BCUT2D eigenvalue weighted by Crippen LogP contribution is -1.92. The van der Waals surface area contributed by atoms with Crippen molar-refractivity contribution in [1.29, 1.82) is 0 Å². The van der Waals surface area contributed by atoms with Gasteiger partial charge in [0.1, 0.15) is 18.0 Å². The lowest BCUT2D eigenvalue weighted by molar-refractivity contribution is 0.628. The van der Waals surface area contributed by atoms with Gasteiger partial charge in [0.25, 0.3) is 0 Å². The van der Waals surface area contributed by atoms with Crippen LogP contribution in [0.4, 0.5) is 4.39 Å². The van der Waals surface area contributed by atoms with Crippen molar-refractivity contribution in [1.82, 2.24) is 19.6 Å². The molecule has 0 fully saturated rings. The Morgan fingerprint density at radius 3 is 2.94 bits per heavy atom. The maximum absolute atomic E-state index is 13.2. The number of benzene rings is 1. The highest BCUT2D eigenvalue weighted by Gasteiger charge is 2.09. The molecule has 0 spiro atoms. The number of nitrogens with zero attached hydrogens (tertiary/aromatic N) is 4. The Balaban J connectivity index is 2.30. The number of hydrogen-bond donors (Lipinski definition) is 0. The number of aromatic nitrogens is 4. The Labute approximate surface area is 96.8 Å². The summed E-state index contributed by atoms with van der Waals surface area (Å²) in [6.07, 6.45) is 3.31. The molecule has 0 saturated carbocycles. The van der Waals surface area contributed by atoms with Gasteiger partial charge in [0.2, 0.25) is 0 Å². The molecule has 2 heterocycles. The summed E-state index contributed by atoms with van der Waals surface area (Å²) in [6.45, 7) is 1.84. The molecule has 0 bridgehead atoms. The molecule has 0 aliphatic heterocycles. The minimum Gasteiger partial charge on any atom is -0.269 e. The monoisotopic (exact) mass is 228 g/mol. The van der Waals surface area contributed by atoms with Gasteiger partial charge < -0.3 is 0 Å². The van der Waals surface area contributed by atoms with Gasteiger partial charge in [0.15, 0.2) is 5.65 Å². The highest BCUT2D eigenvalue weighted by Crippen LogP contribution is 2.23. The van der Waals surface area contributed by atoms with Crippen LogP contribution in [0.25, 0.3) is 16.8 Å². The van der Waals surface area contributed by atoms with Crippen molar-refractivity contribution in [2.75, 3.05) is 0 Å². The van der Waals surface area contributed by atoms with E-state index in [4.69, 9.17) is 0 Å². The molecule has 3 rings (SSSR count). The first-order chi connectivity index (χ1) is 8.25. The van der Waals surface area contributed by atoms with Crippen molar-refractivity contribution in [3.05, 3.63) is 48.4 Å². The summed E-state index contributed by atoms with van der Waals surface area (Å²) in [7, 11) is 0. The smallest absolute Gasteiger partial charge is 0.171 e. The summed E-state index contributed by atoms with van der Waals surface area (Å²) in [5, 5.41) is 8.06. The van der Waals surface area contributed by atoms with Crippen LogP contribution >= 0.6 is 0 Å². The minimum atomic E-state index is -0.277. The first-order valence-corrected chi connectivity index (χ1v) is 5.17. The highest BCUT2D eigenvalue weighted by molar-refractivity contribution is 5.76. The second-order valence-electron chi connectivity index (χ2n) is 3.76. The summed E-state index contributed by atoms with van der Waals surface area (Å²) >= 11 is 0. The van der Waals surface area contributed by atoms with Gasteiger partial charge in [-0.1, -0.05) is 12.1 Å². The predicted molar refractivity (Wildman–Crippen MR) is 60.9 cm³/mol. The van der Waals surface area contributed by atoms with Crippen LogP contribution in [0.15, 0.2) is 36.8 Å². The van der Waals surface area contributed by atoms with Crippen molar-refractivity contribution in [2.24, 2.45) is 0 Å². The van der Waals surface area contributed by atoms with Crippen LogP contribution in [0.2, 0.25) is 0 Å². The van der Waals surface area contributed by atoms with E-state index in [2.05, 4.69) is 15.2 Å². The first-order valence-electron chi connectivity index (χ1n) is 5.17. The van der Waals surface area contributed by atoms with Gasteiger partial charge in [0, 0.05) is 11.8 Å². The molecule has 0 N–H and O–H groups in total. The first kappa shape index (κ1) is 9.89. The zero-order valence-corrected chi connectivity index (χ0v) is 9.13. The quantitative estimate of drug-likeness (QED) is 0.641. The van der Waals surface area contributed by atoms with Gasteiger partial charge in [-0.25, -0.2) is 9.37 Å². The fourth-order valence-corrected chi connectivity index (χ4v) is 1.78. The molecule has 1 aromatic carbocycles. The molecular weight excluding hydrogens is 219 g/mol. The van der Waals surface area contributed by atoms with Crippen molar-refractivity contribution in [3.63, 3.8) is 0 Å². The van der Waals surface area contributed by atoms with E-state index in [1.165, 1.54) is 12.1 Å². The lowest BCUT2D eigenvalue weighted by Gasteiger charge is -2.02. The molecule has 3 aromatic rings. The van der Waals surface area contributed by atoms with Crippen LogP contribution in [-0.2, 0) is 0 Å². The second-order valence-corrected chi connectivity index (χ2v) is 3.76. The van der Waals surface area contributed by atoms with E-state index < -0.39 is 0 Å². The third-order valence-electron chi connectivity index (χ3n) is 2.63. The normalized spacial score (nSPS) is 10.9. The molecule has 4 nitrogen and oxygen atoms in total. The molecule has 5 heteroatoms. The molecule has 0 unspecified atom stereocenters. The average molecular weight is 228 g/mol. The van der Waals surface area contributed by atoms with Crippen LogP contribution in [0.3, 0.4) is 0 Å². The van der Waals surface area contributed by atoms with E-state index in [0.717, 1.165) is 17.0 Å².